The van der Waals surface area contributed by atoms with Crippen LogP contribution in [0, 0.1) is 0 Å². The fourth-order valence-electron chi connectivity index (χ4n) is 3.22. The van der Waals surface area contributed by atoms with Crippen LogP contribution in [0.1, 0.15) is 15.2 Å². The lowest BCUT2D eigenvalue weighted by Gasteiger charge is -2.08. The van der Waals surface area contributed by atoms with Crippen LogP contribution in [0.2, 0.25) is 0 Å². The molecule has 150 valence electrons. The number of thiazole rings is 1. The summed E-state index contributed by atoms with van der Waals surface area (Å²) in [6.45, 7) is 0.903. The maximum atomic E-state index is 12.7. The van der Waals surface area contributed by atoms with E-state index in [4.69, 9.17) is 9.47 Å². The molecule has 0 aliphatic carbocycles. The number of benzene rings is 2. The normalized spacial score (nSPS) is 12.1. The first-order valence-corrected chi connectivity index (χ1v) is 10.3. The number of nitrogens with one attached hydrogen (secondary N) is 1. The van der Waals surface area contributed by atoms with Crippen LogP contribution in [-0.2, 0) is 13.0 Å². The molecule has 0 saturated heterocycles. The lowest BCUT2D eigenvalue weighted by atomic mass is 10.1. The monoisotopic (exact) mass is 418 g/mol. The zero-order valence-corrected chi connectivity index (χ0v) is 16.8. The molecule has 0 fully saturated rings. The van der Waals surface area contributed by atoms with E-state index in [1.807, 2.05) is 36.4 Å². The van der Waals surface area contributed by atoms with E-state index in [9.17, 15) is 4.79 Å². The minimum atomic E-state index is -0.207. The van der Waals surface area contributed by atoms with Gasteiger partial charge < -0.3 is 14.8 Å². The number of rotatable bonds is 6. The summed E-state index contributed by atoms with van der Waals surface area (Å²) in [5.41, 5.74) is 2.11. The van der Waals surface area contributed by atoms with Gasteiger partial charge in [-0.1, -0.05) is 30.3 Å². The molecule has 1 aliphatic heterocycles. The van der Waals surface area contributed by atoms with Crippen molar-refractivity contribution < 1.29 is 14.3 Å². The molecule has 0 saturated carbocycles. The molecule has 1 amide bonds. The standard InChI is InChI=1S/C22H18N4O3S/c27-21(25-20-8-10-24-26(20)11-9-15-4-2-1-3-5-15)19-13-23-22(30-19)16-6-7-17-18(12-16)29-14-28-17/h1-8,10,12-13H,9,11,14H2,(H,25,27). The Hall–Kier alpha value is -3.65. The van der Waals surface area contributed by atoms with Gasteiger partial charge in [-0.15, -0.1) is 11.3 Å². The zero-order chi connectivity index (χ0) is 20.3. The Balaban J connectivity index is 1.27. The predicted molar refractivity (Wildman–Crippen MR) is 114 cm³/mol. The number of amides is 1. The predicted octanol–water partition coefficient (Wildman–Crippen LogP) is 4.23. The van der Waals surface area contributed by atoms with Crippen molar-refractivity contribution in [3.05, 3.63) is 77.4 Å². The van der Waals surface area contributed by atoms with Crippen LogP contribution in [0.5, 0.6) is 11.5 Å². The molecule has 7 nitrogen and oxygen atoms in total. The van der Waals surface area contributed by atoms with Crippen LogP contribution in [0.3, 0.4) is 0 Å². The van der Waals surface area contributed by atoms with E-state index < -0.39 is 0 Å². The maximum absolute atomic E-state index is 12.7. The highest BCUT2D eigenvalue weighted by molar-refractivity contribution is 7.17. The lowest BCUT2D eigenvalue weighted by Crippen LogP contribution is -2.15. The van der Waals surface area contributed by atoms with Gasteiger partial charge in [0.25, 0.3) is 5.91 Å². The Labute approximate surface area is 176 Å². The Kier molecular flexibility index (Phi) is 4.90. The summed E-state index contributed by atoms with van der Waals surface area (Å²) in [7, 11) is 0. The van der Waals surface area contributed by atoms with Crippen LogP contribution in [0.15, 0.2) is 67.0 Å². The third-order valence-corrected chi connectivity index (χ3v) is 5.81. The average molecular weight is 418 g/mol. The number of carbonyl (C=O) groups is 1. The number of carbonyl (C=O) groups excluding carboxylic acids is 1. The molecule has 1 aliphatic rings. The fourth-order valence-corrected chi connectivity index (χ4v) is 4.02. The van der Waals surface area contributed by atoms with Gasteiger partial charge in [0.2, 0.25) is 6.79 Å². The van der Waals surface area contributed by atoms with Crippen molar-refractivity contribution in [1.82, 2.24) is 14.8 Å². The number of aryl methyl sites for hydroxylation is 2. The number of anilines is 1. The van der Waals surface area contributed by atoms with Crippen molar-refractivity contribution in [1.29, 1.82) is 0 Å². The molecule has 2 aromatic carbocycles. The van der Waals surface area contributed by atoms with E-state index in [0.29, 0.717) is 23.0 Å². The van der Waals surface area contributed by atoms with E-state index in [-0.39, 0.29) is 12.7 Å². The van der Waals surface area contributed by atoms with E-state index in [1.54, 1.807) is 23.1 Å². The number of hydrogen-bond donors (Lipinski definition) is 1. The molecule has 1 N–H and O–H groups in total. The number of aromatic nitrogens is 3. The highest BCUT2D eigenvalue weighted by Gasteiger charge is 2.17. The molecule has 2 aromatic heterocycles. The zero-order valence-electron chi connectivity index (χ0n) is 15.9. The maximum Gasteiger partial charge on any atom is 0.268 e. The SMILES string of the molecule is O=C(Nc1ccnn1CCc1ccccc1)c1cnc(-c2ccc3c(c2)OCO3)s1. The van der Waals surface area contributed by atoms with Crippen LogP contribution >= 0.6 is 11.3 Å². The topological polar surface area (TPSA) is 78.3 Å². The molecule has 30 heavy (non-hydrogen) atoms. The highest BCUT2D eigenvalue weighted by Crippen LogP contribution is 2.37. The Bertz CT molecular complexity index is 1190. The van der Waals surface area contributed by atoms with Crippen LogP contribution in [0.4, 0.5) is 5.82 Å². The van der Waals surface area contributed by atoms with Gasteiger partial charge in [-0.3, -0.25) is 4.79 Å². The second kappa shape index (κ2) is 8.00. The summed E-state index contributed by atoms with van der Waals surface area (Å²) in [4.78, 5) is 17.7. The van der Waals surface area contributed by atoms with Crippen LogP contribution in [0.25, 0.3) is 10.6 Å². The van der Waals surface area contributed by atoms with Crippen molar-refractivity contribution >= 4 is 23.1 Å². The number of hydrogen-bond acceptors (Lipinski definition) is 6. The van der Waals surface area contributed by atoms with Crippen LogP contribution in [-0.4, -0.2) is 27.5 Å². The van der Waals surface area contributed by atoms with Gasteiger partial charge in [-0.25, -0.2) is 9.67 Å². The van der Waals surface area contributed by atoms with Gasteiger partial charge in [-0.2, -0.15) is 5.10 Å². The lowest BCUT2D eigenvalue weighted by molar-refractivity contribution is 0.102. The largest absolute Gasteiger partial charge is 0.454 e. The van der Waals surface area contributed by atoms with E-state index in [2.05, 4.69) is 27.5 Å². The van der Waals surface area contributed by atoms with Gasteiger partial charge in [0.1, 0.15) is 15.7 Å². The second-order valence-corrected chi connectivity index (χ2v) is 7.76. The summed E-state index contributed by atoms with van der Waals surface area (Å²) in [6, 6.07) is 17.6. The van der Waals surface area contributed by atoms with Crippen molar-refractivity contribution in [2.75, 3.05) is 12.1 Å². The fraction of sp³-hybridized carbons (Fsp3) is 0.136. The van der Waals surface area contributed by atoms with E-state index in [1.165, 1.54) is 16.9 Å². The number of ether oxygens (including phenoxy) is 2. The quantitative estimate of drug-likeness (QED) is 0.507. The van der Waals surface area contributed by atoms with Crippen molar-refractivity contribution in [3.63, 3.8) is 0 Å². The minimum Gasteiger partial charge on any atom is -0.454 e. The first-order valence-electron chi connectivity index (χ1n) is 9.49. The van der Waals surface area contributed by atoms with Crippen molar-refractivity contribution in [3.8, 4) is 22.1 Å². The Morgan fingerprint density at radius 2 is 1.97 bits per heavy atom. The highest BCUT2D eigenvalue weighted by atomic mass is 32.1. The Morgan fingerprint density at radius 1 is 1.10 bits per heavy atom. The number of nitrogens with zero attached hydrogens (tertiary/aromatic N) is 3. The van der Waals surface area contributed by atoms with E-state index in [0.717, 1.165) is 22.7 Å². The molecule has 0 radical (unpaired) electrons. The number of fused-ring (bicyclic) bond motifs is 1. The molecular weight excluding hydrogens is 400 g/mol. The first-order chi connectivity index (χ1) is 14.8. The Morgan fingerprint density at radius 3 is 2.87 bits per heavy atom. The molecular formula is C22H18N4O3S. The smallest absolute Gasteiger partial charge is 0.268 e. The van der Waals surface area contributed by atoms with Gasteiger partial charge in [0.05, 0.1) is 12.4 Å². The summed E-state index contributed by atoms with van der Waals surface area (Å²) in [5.74, 6) is 1.86. The third-order valence-electron chi connectivity index (χ3n) is 4.76. The molecule has 4 aromatic rings. The molecule has 3 heterocycles. The average Bonchev–Trinajstić information content (AvgIpc) is 3.53. The molecule has 0 unspecified atom stereocenters. The van der Waals surface area contributed by atoms with E-state index >= 15 is 0 Å². The van der Waals surface area contributed by atoms with Crippen molar-refractivity contribution in [2.24, 2.45) is 0 Å². The van der Waals surface area contributed by atoms with Crippen LogP contribution < -0.4 is 14.8 Å². The molecule has 0 bridgehead atoms. The van der Waals surface area contributed by atoms with Gasteiger partial charge in [-0.05, 0) is 30.2 Å². The summed E-state index contributed by atoms with van der Waals surface area (Å²) < 4.78 is 12.6. The molecule has 8 heteroatoms. The molecule has 0 spiro atoms. The first kappa shape index (κ1) is 18.4. The summed E-state index contributed by atoms with van der Waals surface area (Å²) >= 11 is 1.33. The molecule has 0 atom stereocenters. The van der Waals surface area contributed by atoms with Gasteiger partial charge in [0, 0.05) is 18.2 Å². The minimum absolute atomic E-state index is 0.207. The summed E-state index contributed by atoms with van der Waals surface area (Å²) in [6.07, 6.45) is 4.11. The molecule has 5 rings (SSSR count). The second-order valence-electron chi connectivity index (χ2n) is 6.73. The van der Waals surface area contributed by atoms with Crippen molar-refractivity contribution in [2.45, 2.75) is 13.0 Å². The van der Waals surface area contributed by atoms with Gasteiger partial charge in [0.15, 0.2) is 11.5 Å². The third kappa shape index (κ3) is 3.77. The summed E-state index contributed by atoms with van der Waals surface area (Å²) in [5, 5.41) is 8.01. The van der Waals surface area contributed by atoms with Gasteiger partial charge >= 0.3 is 0 Å².